The highest BCUT2D eigenvalue weighted by molar-refractivity contribution is 5.61. The van der Waals surface area contributed by atoms with Gasteiger partial charge in [-0.05, 0) is 12.1 Å². The van der Waals surface area contributed by atoms with E-state index in [1.807, 2.05) is 0 Å². The summed E-state index contributed by atoms with van der Waals surface area (Å²) in [6.07, 6.45) is 5.35. The van der Waals surface area contributed by atoms with Crippen molar-refractivity contribution < 1.29 is 18.9 Å². The Balaban J connectivity index is 2.39. The Labute approximate surface area is 87.7 Å². The first-order valence-corrected chi connectivity index (χ1v) is 4.37. The van der Waals surface area contributed by atoms with Crippen LogP contribution in [0.2, 0.25) is 0 Å². The molecule has 4 nitrogen and oxygen atoms in total. The summed E-state index contributed by atoms with van der Waals surface area (Å²) in [4.78, 5) is 0. The Morgan fingerprint density at radius 1 is 1.47 bits per heavy atom. The maximum Gasteiger partial charge on any atom is 0.231 e. The minimum Gasteiger partial charge on any atom is -0.462 e. The van der Waals surface area contributed by atoms with Crippen molar-refractivity contribution in [2.75, 3.05) is 20.7 Å². The molecule has 0 unspecified atom stereocenters. The van der Waals surface area contributed by atoms with Crippen LogP contribution in [0.25, 0.3) is 0 Å². The van der Waals surface area contributed by atoms with Gasteiger partial charge in [0.2, 0.25) is 12.5 Å². The van der Waals surface area contributed by atoms with E-state index in [2.05, 4.69) is 5.92 Å². The molecule has 1 aliphatic rings. The highest BCUT2D eigenvalue weighted by atomic mass is 16.7. The molecule has 0 spiro atoms. The van der Waals surface area contributed by atoms with Gasteiger partial charge in [0, 0.05) is 7.11 Å². The number of rotatable bonds is 3. The summed E-state index contributed by atoms with van der Waals surface area (Å²) >= 11 is 0. The molecule has 0 radical (unpaired) electrons. The normalized spacial score (nSPS) is 12.3. The summed E-state index contributed by atoms with van der Waals surface area (Å²) in [5, 5.41) is 0. The number of methoxy groups -OCH3 is 1. The molecule has 0 saturated carbocycles. The Kier molecular flexibility index (Phi) is 2.66. The average Bonchev–Trinajstić information content (AvgIpc) is 2.73. The zero-order chi connectivity index (χ0) is 10.7. The third-order valence-electron chi connectivity index (χ3n) is 1.97. The fourth-order valence-electron chi connectivity index (χ4n) is 1.32. The fraction of sp³-hybridized carbons (Fsp3) is 0.273. The first kappa shape index (κ1) is 9.69. The van der Waals surface area contributed by atoms with Crippen molar-refractivity contribution >= 4 is 0 Å². The molecule has 0 bridgehead atoms. The molecular formula is C11H10O4. The lowest BCUT2D eigenvalue weighted by Crippen LogP contribution is -2.02. The van der Waals surface area contributed by atoms with E-state index in [0.717, 1.165) is 0 Å². The fourth-order valence-corrected chi connectivity index (χ4v) is 1.32. The van der Waals surface area contributed by atoms with Crippen LogP contribution in [0.15, 0.2) is 12.1 Å². The molecule has 1 aromatic rings. The monoisotopic (exact) mass is 206 g/mol. The van der Waals surface area contributed by atoms with E-state index in [4.69, 9.17) is 25.4 Å². The van der Waals surface area contributed by atoms with Crippen molar-refractivity contribution in [3.8, 4) is 29.6 Å². The van der Waals surface area contributed by atoms with Crippen LogP contribution in [0.4, 0.5) is 0 Å². The van der Waals surface area contributed by atoms with E-state index >= 15 is 0 Å². The standard InChI is InChI=1S/C11H10O4/c1-3-8-4-5-9-11(15-7-13-9)10(8)14-6-12-2/h1,4-5H,6-7H2,2H3. The van der Waals surface area contributed by atoms with Crippen LogP contribution < -0.4 is 14.2 Å². The number of hydrogen-bond donors (Lipinski definition) is 0. The molecule has 0 aromatic heterocycles. The van der Waals surface area contributed by atoms with Gasteiger partial charge < -0.3 is 18.9 Å². The Morgan fingerprint density at radius 3 is 3.07 bits per heavy atom. The van der Waals surface area contributed by atoms with Crippen molar-refractivity contribution in [2.45, 2.75) is 0 Å². The van der Waals surface area contributed by atoms with Crippen molar-refractivity contribution in [1.82, 2.24) is 0 Å². The average molecular weight is 206 g/mol. The molecule has 0 N–H and O–H groups in total. The zero-order valence-corrected chi connectivity index (χ0v) is 8.28. The second kappa shape index (κ2) is 4.11. The van der Waals surface area contributed by atoms with Crippen LogP contribution in [0.5, 0.6) is 17.2 Å². The summed E-state index contributed by atoms with van der Waals surface area (Å²) < 4.78 is 20.6. The first-order valence-electron chi connectivity index (χ1n) is 4.37. The van der Waals surface area contributed by atoms with Crippen LogP contribution >= 0.6 is 0 Å². The molecule has 0 amide bonds. The topological polar surface area (TPSA) is 36.9 Å². The molecule has 1 heterocycles. The van der Waals surface area contributed by atoms with Gasteiger partial charge in [0.1, 0.15) is 0 Å². The Bertz CT molecular complexity index is 406. The SMILES string of the molecule is C#Cc1ccc2c(c1OCOC)OCO2. The lowest BCUT2D eigenvalue weighted by molar-refractivity contribution is 0.0483. The maximum atomic E-state index is 5.35. The molecule has 0 aliphatic carbocycles. The highest BCUT2D eigenvalue weighted by Crippen LogP contribution is 2.42. The molecule has 0 fully saturated rings. The predicted octanol–water partition coefficient (Wildman–Crippen LogP) is 1.38. The second-order valence-electron chi connectivity index (χ2n) is 2.87. The number of fused-ring (bicyclic) bond motifs is 1. The van der Waals surface area contributed by atoms with Crippen LogP contribution in [-0.2, 0) is 4.74 Å². The van der Waals surface area contributed by atoms with Crippen molar-refractivity contribution in [3.05, 3.63) is 17.7 Å². The Morgan fingerprint density at radius 2 is 2.33 bits per heavy atom. The van der Waals surface area contributed by atoms with E-state index < -0.39 is 0 Å². The van der Waals surface area contributed by atoms with Crippen molar-refractivity contribution in [3.63, 3.8) is 0 Å². The minimum atomic E-state index is 0.120. The molecule has 15 heavy (non-hydrogen) atoms. The highest BCUT2D eigenvalue weighted by Gasteiger charge is 2.21. The van der Waals surface area contributed by atoms with Gasteiger partial charge in [-0.3, -0.25) is 0 Å². The molecule has 0 saturated heterocycles. The third-order valence-corrected chi connectivity index (χ3v) is 1.97. The lowest BCUT2D eigenvalue weighted by atomic mass is 10.2. The van der Waals surface area contributed by atoms with Gasteiger partial charge in [-0.1, -0.05) is 5.92 Å². The van der Waals surface area contributed by atoms with Gasteiger partial charge in [-0.25, -0.2) is 0 Å². The largest absolute Gasteiger partial charge is 0.462 e. The smallest absolute Gasteiger partial charge is 0.231 e. The van der Waals surface area contributed by atoms with E-state index in [9.17, 15) is 0 Å². The first-order chi connectivity index (χ1) is 7.36. The van der Waals surface area contributed by atoms with Crippen LogP contribution in [0.1, 0.15) is 5.56 Å². The van der Waals surface area contributed by atoms with Crippen molar-refractivity contribution in [1.29, 1.82) is 0 Å². The van der Waals surface area contributed by atoms with Gasteiger partial charge >= 0.3 is 0 Å². The molecule has 4 heteroatoms. The summed E-state index contributed by atoms with van der Waals surface area (Å²) in [5.41, 5.74) is 0.622. The van der Waals surface area contributed by atoms with Crippen LogP contribution in [0, 0.1) is 12.3 Å². The lowest BCUT2D eigenvalue weighted by Gasteiger charge is -2.09. The number of hydrogen-bond acceptors (Lipinski definition) is 4. The van der Waals surface area contributed by atoms with Gasteiger partial charge in [0.05, 0.1) is 5.56 Å². The van der Waals surface area contributed by atoms with Crippen LogP contribution in [0.3, 0.4) is 0 Å². The van der Waals surface area contributed by atoms with E-state index in [0.29, 0.717) is 22.8 Å². The molecule has 1 aliphatic heterocycles. The second-order valence-corrected chi connectivity index (χ2v) is 2.87. The number of benzene rings is 1. The quantitative estimate of drug-likeness (QED) is 0.553. The van der Waals surface area contributed by atoms with E-state index in [1.54, 1.807) is 12.1 Å². The van der Waals surface area contributed by atoms with Gasteiger partial charge in [-0.2, -0.15) is 0 Å². The molecule has 1 aromatic carbocycles. The predicted molar refractivity (Wildman–Crippen MR) is 53.0 cm³/mol. The zero-order valence-electron chi connectivity index (χ0n) is 8.28. The molecule has 0 atom stereocenters. The number of ether oxygens (including phenoxy) is 4. The summed E-state index contributed by atoms with van der Waals surface area (Å²) in [7, 11) is 1.54. The third kappa shape index (κ3) is 1.69. The minimum absolute atomic E-state index is 0.120. The van der Waals surface area contributed by atoms with Gasteiger partial charge in [0.25, 0.3) is 0 Å². The van der Waals surface area contributed by atoms with Crippen LogP contribution in [-0.4, -0.2) is 20.7 Å². The Hall–Kier alpha value is -1.86. The molecular weight excluding hydrogens is 196 g/mol. The molecule has 78 valence electrons. The van der Waals surface area contributed by atoms with Gasteiger partial charge in [0.15, 0.2) is 18.3 Å². The summed E-state index contributed by atoms with van der Waals surface area (Å²) in [5.74, 6) is 4.20. The van der Waals surface area contributed by atoms with E-state index in [-0.39, 0.29) is 13.6 Å². The number of terminal acetylenes is 1. The van der Waals surface area contributed by atoms with Crippen molar-refractivity contribution in [2.24, 2.45) is 0 Å². The van der Waals surface area contributed by atoms with E-state index in [1.165, 1.54) is 7.11 Å². The summed E-state index contributed by atoms with van der Waals surface area (Å²) in [6, 6.07) is 3.51. The van der Waals surface area contributed by atoms with Gasteiger partial charge in [-0.15, -0.1) is 6.42 Å². The maximum absolute atomic E-state index is 5.35. The molecule has 2 rings (SSSR count). The summed E-state index contributed by atoms with van der Waals surface area (Å²) in [6.45, 7) is 0.307.